The van der Waals surface area contributed by atoms with Gasteiger partial charge in [-0.25, -0.2) is 0 Å². The van der Waals surface area contributed by atoms with Crippen LogP contribution < -0.4 is 4.74 Å². The third-order valence-corrected chi connectivity index (χ3v) is 2.44. The van der Waals surface area contributed by atoms with E-state index in [9.17, 15) is 0 Å². The Balaban J connectivity index is 2.80. The second-order valence-electron chi connectivity index (χ2n) is 3.64. The molecule has 1 aromatic carbocycles. The van der Waals surface area contributed by atoms with Crippen LogP contribution in [-0.4, -0.2) is 26.5 Å². The Hall–Kier alpha value is -1.61. The van der Waals surface area contributed by atoms with E-state index in [-0.39, 0.29) is 0 Å². The number of rotatable bonds is 6. The van der Waals surface area contributed by atoms with E-state index in [0.29, 0.717) is 6.61 Å². The molecule has 0 N–H and O–H groups in total. The molecule has 92 valence electrons. The van der Waals surface area contributed by atoms with Gasteiger partial charge >= 0.3 is 0 Å². The first kappa shape index (κ1) is 13.5. The van der Waals surface area contributed by atoms with Crippen molar-refractivity contribution in [2.75, 3.05) is 20.8 Å². The summed E-state index contributed by atoms with van der Waals surface area (Å²) in [7, 11) is 3.32. The molecule has 0 heterocycles. The van der Waals surface area contributed by atoms with Crippen LogP contribution in [0.1, 0.15) is 18.9 Å². The number of hydrogen-bond acceptors (Lipinski definition) is 3. The molecular formula is C14H19NO2. The molecule has 3 nitrogen and oxygen atoms in total. The van der Waals surface area contributed by atoms with Gasteiger partial charge in [-0.05, 0) is 36.2 Å². The molecule has 0 unspecified atom stereocenters. The van der Waals surface area contributed by atoms with Crippen LogP contribution in [-0.2, 0) is 4.74 Å². The van der Waals surface area contributed by atoms with Gasteiger partial charge in [0.2, 0.25) is 0 Å². The maximum absolute atomic E-state index is 5.10. The number of ether oxygens (including phenoxy) is 2. The van der Waals surface area contributed by atoms with Crippen LogP contribution in [0.4, 0.5) is 0 Å². The Morgan fingerprint density at radius 3 is 2.35 bits per heavy atom. The van der Waals surface area contributed by atoms with Crippen LogP contribution in [0.25, 0.3) is 5.70 Å². The molecule has 0 saturated carbocycles. The molecule has 17 heavy (non-hydrogen) atoms. The molecule has 0 saturated heterocycles. The Bertz CT molecular complexity index is 393. The first-order valence-electron chi connectivity index (χ1n) is 5.60. The number of benzene rings is 1. The van der Waals surface area contributed by atoms with E-state index in [0.717, 1.165) is 29.1 Å². The summed E-state index contributed by atoms with van der Waals surface area (Å²) in [4.78, 5) is 4.47. The van der Waals surface area contributed by atoms with Crippen LogP contribution in [0.15, 0.2) is 35.8 Å². The first-order valence-corrected chi connectivity index (χ1v) is 5.60. The lowest BCUT2D eigenvalue weighted by atomic mass is 10.1. The third kappa shape index (κ3) is 4.04. The molecule has 0 aliphatic rings. The average molecular weight is 233 g/mol. The molecule has 0 amide bonds. The van der Waals surface area contributed by atoms with Gasteiger partial charge in [-0.2, -0.15) is 0 Å². The molecule has 0 radical (unpaired) electrons. The summed E-state index contributed by atoms with van der Waals surface area (Å²) in [6.45, 7) is 6.57. The predicted octanol–water partition coefficient (Wildman–Crippen LogP) is 3.16. The summed E-state index contributed by atoms with van der Waals surface area (Å²) >= 11 is 0. The average Bonchev–Trinajstić information content (AvgIpc) is 2.38. The van der Waals surface area contributed by atoms with Gasteiger partial charge in [0, 0.05) is 12.8 Å². The standard InChI is InChI=1S/C14H19NO2/c1-5-13(10-16-3)15-11(2)12-6-8-14(17-4)9-7-12/h6-9H,2,5,10H2,1,3-4H3. The van der Waals surface area contributed by atoms with Crippen molar-refractivity contribution in [3.05, 3.63) is 36.4 Å². The van der Waals surface area contributed by atoms with Gasteiger partial charge in [0.1, 0.15) is 5.75 Å². The van der Waals surface area contributed by atoms with Gasteiger partial charge in [0.25, 0.3) is 0 Å². The maximum Gasteiger partial charge on any atom is 0.118 e. The van der Waals surface area contributed by atoms with Gasteiger partial charge in [-0.3, -0.25) is 4.99 Å². The summed E-state index contributed by atoms with van der Waals surface area (Å²) in [5.41, 5.74) is 2.74. The molecule has 1 rings (SSSR count). The van der Waals surface area contributed by atoms with Crippen molar-refractivity contribution in [2.24, 2.45) is 4.99 Å². The Labute approximate surface area is 103 Å². The van der Waals surface area contributed by atoms with E-state index in [1.807, 2.05) is 24.3 Å². The SMILES string of the molecule is C=C(N=C(CC)COC)c1ccc(OC)cc1. The predicted molar refractivity (Wildman–Crippen MR) is 71.6 cm³/mol. The number of aliphatic imine (C=N–C) groups is 1. The van der Waals surface area contributed by atoms with Crippen molar-refractivity contribution in [3.63, 3.8) is 0 Å². The fourth-order valence-electron chi connectivity index (χ4n) is 1.42. The monoisotopic (exact) mass is 233 g/mol. The van der Waals surface area contributed by atoms with Crippen LogP contribution >= 0.6 is 0 Å². The van der Waals surface area contributed by atoms with Crippen LogP contribution in [0.3, 0.4) is 0 Å². The quantitative estimate of drug-likeness (QED) is 0.707. The molecule has 0 fully saturated rings. The van der Waals surface area contributed by atoms with Crippen molar-refractivity contribution < 1.29 is 9.47 Å². The van der Waals surface area contributed by atoms with E-state index in [4.69, 9.17) is 9.47 Å². The lowest BCUT2D eigenvalue weighted by molar-refractivity contribution is 0.244. The van der Waals surface area contributed by atoms with E-state index < -0.39 is 0 Å². The fourth-order valence-corrected chi connectivity index (χ4v) is 1.42. The number of nitrogens with zero attached hydrogens (tertiary/aromatic N) is 1. The van der Waals surface area contributed by atoms with Gasteiger partial charge < -0.3 is 9.47 Å². The molecule has 0 aliphatic carbocycles. The Morgan fingerprint density at radius 2 is 1.88 bits per heavy atom. The molecule has 0 spiro atoms. The van der Waals surface area contributed by atoms with E-state index in [1.54, 1.807) is 14.2 Å². The summed E-state index contributed by atoms with van der Waals surface area (Å²) < 4.78 is 10.2. The molecule has 0 aliphatic heterocycles. The highest BCUT2D eigenvalue weighted by atomic mass is 16.5. The van der Waals surface area contributed by atoms with E-state index in [2.05, 4.69) is 18.5 Å². The van der Waals surface area contributed by atoms with Crippen LogP contribution in [0.5, 0.6) is 5.75 Å². The van der Waals surface area contributed by atoms with E-state index in [1.165, 1.54) is 0 Å². The van der Waals surface area contributed by atoms with Crippen molar-refractivity contribution >= 4 is 11.4 Å². The summed E-state index contributed by atoms with van der Waals surface area (Å²) in [6.07, 6.45) is 0.864. The Morgan fingerprint density at radius 1 is 1.24 bits per heavy atom. The van der Waals surface area contributed by atoms with Gasteiger partial charge in [-0.15, -0.1) is 0 Å². The minimum Gasteiger partial charge on any atom is -0.497 e. The second kappa shape index (κ2) is 6.86. The van der Waals surface area contributed by atoms with Crippen molar-refractivity contribution in [1.82, 2.24) is 0 Å². The minimum absolute atomic E-state index is 0.547. The highest BCUT2D eigenvalue weighted by Gasteiger charge is 2.01. The van der Waals surface area contributed by atoms with E-state index >= 15 is 0 Å². The maximum atomic E-state index is 5.10. The first-order chi connectivity index (χ1) is 8.21. The third-order valence-electron chi connectivity index (χ3n) is 2.44. The topological polar surface area (TPSA) is 30.8 Å². The zero-order valence-electron chi connectivity index (χ0n) is 10.7. The van der Waals surface area contributed by atoms with Crippen molar-refractivity contribution in [1.29, 1.82) is 0 Å². The summed E-state index contributed by atoms with van der Waals surface area (Å²) in [5, 5.41) is 0. The van der Waals surface area contributed by atoms with Crippen LogP contribution in [0.2, 0.25) is 0 Å². The van der Waals surface area contributed by atoms with Gasteiger partial charge in [0.05, 0.1) is 19.4 Å². The number of hydrogen-bond donors (Lipinski definition) is 0. The van der Waals surface area contributed by atoms with Crippen LogP contribution in [0, 0.1) is 0 Å². The summed E-state index contributed by atoms with van der Waals surface area (Å²) in [5.74, 6) is 0.832. The zero-order chi connectivity index (χ0) is 12.7. The van der Waals surface area contributed by atoms with Gasteiger partial charge in [0.15, 0.2) is 0 Å². The molecule has 0 bridgehead atoms. The smallest absolute Gasteiger partial charge is 0.118 e. The molecular weight excluding hydrogens is 214 g/mol. The number of methoxy groups -OCH3 is 2. The summed E-state index contributed by atoms with van der Waals surface area (Å²) in [6, 6.07) is 7.70. The molecule has 3 heteroatoms. The lowest BCUT2D eigenvalue weighted by Gasteiger charge is -2.06. The van der Waals surface area contributed by atoms with Gasteiger partial charge in [-0.1, -0.05) is 13.5 Å². The van der Waals surface area contributed by atoms with Crippen molar-refractivity contribution in [2.45, 2.75) is 13.3 Å². The Kier molecular flexibility index (Phi) is 5.43. The minimum atomic E-state index is 0.547. The zero-order valence-corrected chi connectivity index (χ0v) is 10.7. The normalized spacial score (nSPS) is 11.4. The fraction of sp³-hybridized carbons (Fsp3) is 0.357. The highest BCUT2D eigenvalue weighted by molar-refractivity contribution is 5.90. The second-order valence-corrected chi connectivity index (χ2v) is 3.64. The molecule has 1 aromatic rings. The lowest BCUT2D eigenvalue weighted by Crippen LogP contribution is -2.05. The molecule has 0 aromatic heterocycles. The largest absolute Gasteiger partial charge is 0.497 e. The molecule has 0 atom stereocenters. The van der Waals surface area contributed by atoms with Crippen molar-refractivity contribution in [3.8, 4) is 5.75 Å². The highest BCUT2D eigenvalue weighted by Crippen LogP contribution is 2.18.